The van der Waals surface area contributed by atoms with Gasteiger partial charge in [0.2, 0.25) is 5.82 Å². The lowest BCUT2D eigenvalue weighted by atomic mass is 9.94. The summed E-state index contributed by atoms with van der Waals surface area (Å²) in [7, 11) is 1.62. The highest BCUT2D eigenvalue weighted by molar-refractivity contribution is 7.98. The molecule has 1 aliphatic rings. The maximum atomic E-state index is 13.3. The second-order valence-corrected chi connectivity index (χ2v) is 8.86. The van der Waals surface area contributed by atoms with E-state index in [0.29, 0.717) is 17.5 Å². The number of nitrogens with zero attached hydrogens (tertiary/aromatic N) is 3. The molecule has 2 amide bonds. The smallest absolute Gasteiger partial charge is 0.326 e. The second kappa shape index (κ2) is 9.68. The minimum Gasteiger partial charge on any atom is -0.497 e. The molecule has 35 heavy (non-hydrogen) atoms. The van der Waals surface area contributed by atoms with E-state index >= 15 is 0 Å². The van der Waals surface area contributed by atoms with E-state index < -0.39 is 6.04 Å². The lowest BCUT2D eigenvalue weighted by Crippen LogP contribution is -2.46. The number of rotatable bonds is 6. The fourth-order valence-corrected chi connectivity index (χ4v) is 4.58. The van der Waals surface area contributed by atoms with Gasteiger partial charge in [-0.05, 0) is 55.1 Å². The minimum absolute atomic E-state index is 0.218. The van der Waals surface area contributed by atoms with E-state index in [9.17, 15) is 4.79 Å². The molecule has 1 N–H and O–H groups in total. The molecule has 1 atom stereocenters. The molecule has 0 saturated heterocycles. The number of benzene rings is 3. The van der Waals surface area contributed by atoms with Gasteiger partial charge in [0.15, 0.2) is 0 Å². The predicted octanol–water partition coefficient (Wildman–Crippen LogP) is 6.17. The number of hydrogen-bond acceptors (Lipinski definition) is 6. The molecular formula is C27H24N4O3S. The monoisotopic (exact) mass is 484 g/mol. The minimum atomic E-state index is -0.441. The highest BCUT2D eigenvalue weighted by Crippen LogP contribution is 2.39. The van der Waals surface area contributed by atoms with Gasteiger partial charge in [0.05, 0.1) is 24.4 Å². The molecule has 1 aromatic heterocycles. The fraction of sp³-hybridized carbons (Fsp3) is 0.148. The quantitative estimate of drug-likeness (QED) is 0.330. The van der Waals surface area contributed by atoms with Crippen LogP contribution < -0.4 is 15.0 Å². The van der Waals surface area contributed by atoms with Crippen LogP contribution in [0.3, 0.4) is 0 Å². The van der Waals surface area contributed by atoms with E-state index in [1.165, 1.54) is 0 Å². The van der Waals surface area contributed by atoms with Gasteiger partial charge in [-0.15, -0.1) is 11.8 Å². The first kappa shape index (κ1) is 22.7. The Morgan fingerprint density at radius 2 is 1.80 bits per heavy atom. The molecular weight excluding hydrogens is 460 g/mol. The molecule has 0 spiro atoms. The summed E-state index contributed by atoms with van der Waals surface area (Å²) in [4.78, 5) is 20.8. The van der Waals surface area contributed by atoms with Gasteiger partial charge in [0, 0.05) is 16.2 Å². The number of aromatic nitrogens is 2. The van der Waals surface area contributed by atoms with Crippen LogP contribution in [0.25, 0.3) is 17.0 Å². The van der Waals surface area contributed by atoms with Crippen LogP contribution in [-0.4, -0.2) is 29.5 Å². The lowest BCUT2D eigenvalue weighted by Gasteiger charge is -2.35. The van der Waals surface area contributed by atoms with E-state index in [0.717, 1.165) is 33.0 Å². The molecule has 0 saturated carbocycles. The maximum Gasteiger partial charge on any atom is 0.326 e. The number of thioether (sulfide) groups is 1. The lowest BCUT2D eigenvalue weighted by molar-refractivity contribution is 0.244. The second-order valence-electron chi connectivity index (χ2n) is 7.98. The van der Waals surface area contributed by atoms with E-state index in [4.69, 9.17) is 14.2 Å². The zero-order chi connectivity index (χ0) is 24.4. The molecule has 0 radical (unpaired) electrons. The van der Waals surface area contributed by atoms with E-state index in [2.05, 4.69) is 10.5 Å². The van der Waals surface area contributed by atoms with Gasteiger partial charge in [0.1, 0.15) is 5.75 Å². The Kier molecular flexibility index (Phi) is 6.29. The number of allylic oxidation sites excluding steroid dienone is 1. The molecule has 0 fully saturated rings. The molecule has 0 bridgehead atoms. The van der Waals surface area contributed by atoms with Crippen molar-refractivity contribution in [3.8, 4) is 17.1 Å². The van der Waals surface area contributed by atoms with Crippen molar-refractivity contribution in [2.75, 3.05) is 18.3 Å². The molecule has 7 nitrogen and oxygen atoms in total. The number of amides is 2. The summed E-state index contributed by atoms with van der Waals surface area (Å²) in [5.41, 5.74) is 3.92. The van der Waals surface area contributed by atoms with E-state index in [1.807, 2.05) is 92.0 Å². The summed E-state index contributed by atoms with van der Waals surface area (Å²) < 4.78 is 11.1. The molecule has 3 aromatic carbocycles. The van der Waals surface area contributed by atoms with E-state index in [1.54, 1.807) is 23.8 Å². The van der Waals surface area contributed by atoms with Gasteiger partial charge in [0.25, 0.3) is 5.89 Å². The summed E-state index contributed by atoms with van der Waals surface area (Å²) >= 11 is 1.65. The third-order valence-electron chi connectivity index (χ3n) is 5.93. The first-order valence-corrected chi connectivity index (χ1v) is 12.3. The Balaban J connectivity index is 1.63. The molecule has 0 aliphatic carbocycles. The molecule has 1 aliphatic heterocycles. The van der Waals surface area contributed by atoms with Crippen LogP contribution in [0.4, 0.5) is 10.5 Å². The predicted molar refractivity (Wildman–Crippen MR) is 137 cm³/mol. The van der Waals surface area contributed by atoms with Crippen molar-refractivity contribution in [3.63, 3.8) is 0 Å². The molecule has 4 aromatic rings. The Labute approximate surface area is 207 Å². The number of hydrogen-bond donors (Lipinski definition) is 1. The van der Waals surface area contributed by atoms with Crippen LogP contribution in [0.1, 0.15) is 24.4 Å². The van der Waals surface area contributed by atoms with Crippen molar-refractivity contribution in [2.24, 2.45) is 0 Å². The van der Waals surface area contributed by atoms with Crippen LogP contribution in [0.5, 0.6) is 5.75 Å². The van der Waals surface area contributed by atoms with E-state index in [-0.39, 0.29) is 6.03 Å². The van der Waals surface area contributed by atoms with Gasteiger partial charge >= 0.3 is 6.03 Å². The van der Waals surface area contributed by atoms with Gasteiger partial charge in [-0.1, -0.05) is 47.6 Å². The third kappa shape index (κ3) is 4.40. The van der Waals surface area contributed by atoms with Crippen molar-refractivity contribution >= 4 is 29.1 Å². The van der Waals surface area contributed by atoms with Crippen molar-refractivity contribution in [2.45, 2.75) is 17.9 Å². The van der Waals surface area contributed by atoms with Crippen molar-refractivity contribution in [3.05, 3.63) is 96.0 Å². The zero-order valence-electron chi connectivity index (χ0n) is 19.6. The molecule has 176 valence electrons. The molecule has 1 unspecified atom stereocenters. The van der Waals surface area contributed by atoms with Crippen molar-refractivity contribution in [1.29, 1.82) is 0 Å². The van der Waals surface area contributed by atoms with Crippen LogP contribution in [0, 0.1) is 0 Å². The number of nitrogens with one attached hydrogen (secondary N) is 1. The summed E-state index contributed by atoms with van der Waals surface area (Å²) in [6, 6.07) is 24.5. The summed E-state index contributed by atoms with van der Waals surface area (Å²) in [6.45, 7) is 1.90. The van der Waals surface area contributed by atoms with Crippen LogP contribution in [-0.2, 0) is 0 Å². The average molecular weight is 485 g/mol. The summed E-state index contributed by atoms with van der Waals surface area (Å²) in [6.07, 6.45) is 2.02. The topological polar surface area (TPSA) is 80.5 Å². The molecule has 2 heterocycles. The first-order chi connectivity index (χ1) is 17.1. The average Bonchev–Trinajstić information content (AvgIpc) is 3.39. The highest BCUT2D eigenvalue weighted by atomic mass is 32.2. The normalized spacial score (nSPS) is 15.8. The standard InChI is InChI=1S/C27H24N4O3S/c1-17-23(26-29-25(30-34-26)19-10-7-11-21(16-19)33-2)24(18-8-5-4-6-9-18)28-27(32)31(17)20-12-14-22(35-3)15-13-20/h4-16,24H,1-3H3,(H,28,32). The Hall–Kier alpha value is -4.04. The molecule has 5 rings (SSSR count). The number of anilines is 1. The number of methoxy groups -OCH3 is 1. The van der Waals surface area contributed by atoms with Gasteiger partial charge in [-0.25, -0.2) is 4.79 Å². The fourth-order valence-electron chi connectivity index (χ4n) is 4.17. The Morgan fingerprint density at radius 1 is 1.03 bits per heavy atom. The zero-order valence-corrected chi connectivity index (χ0v) is 20.4. The summed E-state index contributed by atoms with van der Waals surface area (Å²) in [5.74, 6) is 1.50. The van der Waals surface area contributed by atoms with Crippen LogP contribution in [0.15, 0.2) is 94.0 Å². The number of carbonyl (C=O) groups is 1. The van der Waals surface area contributed by atoms with Gasteiger partial charge < -0.3 is 14.6 Å². The number of urea groups is 1. The van der Waals surface area contributed by atoms with Crippen LogP contribution >= 0.6 is 11.8 Å². The largest absolute Gasteiger partial charge is 0.497 e. The number of carbonyl (C=O) groups excluding carboxylic acids is 1. The Bertz CT molecular complexity index is 1380. The van der Waals surface area contributed by atoms with Gasteiger partial charge in [-0.2, -0.15) is 4.98 Å². The third-order valence-corrected chi connectivity index (χ3v) is 6.68. The van der Waals surface area contributed by atoms with Gasteiger partial charge in [-0.3, -0.25) is 4.90 Å². The first-order valence-electron chi connectivity index (χ1n) is 11.1. The van der Waals surface area contributed by atoms with Crippen molar-refractivity contribution < 1.29 is 14.1 Å². The highest BCUT2D eigenvalue weighted by Gasteiger charge is 2.36. The number of ether oxygens (including phenoxy) is 1. The SMILES string of the molecule is COc1cccc(-c2noc(C3=C(C)N(c4ccc(SC)cc4)C(=O)NC3c3ccccc3)n2)c1. The van der Waals surface area contributed by atoms with Crippen molar-refractivity contribution in [1.82, 2.24) is 15.5 Å². The van der Waals surface area contributed by atoms with Crippen LogP contribution in [0.2, 0.25) is 0 Å². The molecule has 8 heteroatoms. The summed E-state index contributed by atoms with van der Waals surface area (Å²) in [5, 5.41) is 7.36. The maximum absolute atomic E-state index is 13.3. The Morgan fingerprint density at radius 3 is 2.51 bits per heavy atom.